The summed E-state index contributed by atoms with van der Waals surface area (Å²) < 4.78 is 46.3. The molecule has 4 rings (SSSR count). The Balaban J connectivity index is 1.56. The summed E-state index contributed by atoms with van der Waals surface area (Å²) in [5, 5.41) is 16.2. The molecule has 1 unspecified atom stereocenters. The van der Waals surface area contributed by atoms with E-state index in [-0.39, 0.29) is 22.8 Å². The van der Waals surface area contributed by atoms with Gasteiger partial charge in [0.15, 0.2) is 6.29 Å². The summed E-state index contributed by atoms with van der Waals surface area (Å²) in [5.41, 5.74) is 5.34. The lowest BCUT2D eigenvalue weighted by atomic mass is 10.1. The average Bonchev–Trinajstić information content (AvgIpc) is 3.31. The molecule has 3 aromatic rings. The van der Waals surface area contributed by atoms with Gasteiger partial charge < -0.3 is 15.2 Å². The average molecular weight is 467 g/mol. The number of nitrogens with zero attached hydrogens (tertiary/aromatic N) is 4. The summed E-state index contributed by atoms with van der Waals surface area (Å²) in [6.45, 7) is 0. The first-order valence-corrected chi connectivity index (χ1v) is 9.76. The fourth-order valence-electron chi connectivity index (χ4n) is 3.04. The van der Waals surface area contributed by atoms with Gasteiger partial charge in [-0.2, -0.15) is 18.3 Å². The number of rotatable bonds is 6. The molecule has 1 amide bonds. The van der Waals surface area contributed by atoms with Gasteiger partial charge >= 0.3 is 6.18 Å². The maximum atomic E-state index is 13.6. The number of pyridine rings is 1. The normalized spacial score (nSPS) is 13.6. The molecule has 11 heteroatoms. The third-order valence-electron chi connectivity index (χ3n) is 4.74. The zero-order valence-corrected chi connectivity index (χ0v) is 17.5. The Morgan fingerprint density at radius 1 is 1.21 bits per heavy atom. The first-order valence-electron chi connectivity index (χ1n) is 9.76. The number of alkyl halides is 3. The first kappa shape index (κ1) is 22.9. The van der Waals surface area contributed by atoms with Crippen LogP contribution < -0.4 is 5.32 Å². The van der Waals surface area contributed by atoms with Crippen molar-refractivity contribution in [2.75, 3.05) is 12.4 Å². The molecule has 1 atom stereocenters. The van der Waals surface area contributed by atoms with E-state index in [1.807, 2.05) is 0 Å². The Morgan fingerprint density at radius 3 is 2.56 bits per heavy atom. The number of hydrogen-bond donors (Lipinski definition) is 2. The van der Waals surface area contributed by atoms with E-state index in [4.69, 9.17) is 4.74 Å². The van der Waals surface area contributed by atoms with Crippen LogP contribution in [0.5, 0.6) is 0 Å². The highest BCUT2D eigenvalue weighted by atomic mass is 19.4. The van der Waals surface area contributed by atoms with Crippen LogP contribution in [0.1, 0.15) is 33.6 Å². The van der Waals surface area contributed by atoms with Crippen LogP contribution >= 0.6 is 0 Å². The third kappa shape index (κ3) is 4.88. The topological polar surface area (TPSA) is 102 Å². The summed E-state index contributed by atoms with van der Waals surface area (Å²) in [4.78, 5) is 20.3. The molecule has 1 aliphatic rings. The van der Waals surface area contributed by atoms with Gasteiger partial charge in [-0.1, -0.05) is 17.9 Å². The highest BCUT2D eigenvalue weighted by molar-refractivity contribution is 6.09. The fourth-order valence-corrected chi connectivity index (χ4v) is 3.04. The van der Waals surface area contributed by atoms with Crippen molar-refractivity contribution < 1.29 is 27.8 Å². The van der Waals surface area contributed by atoms with Crippen molar-refractivity contribution in [2.45, 2.75) is 12.5 Å². The Labute approximate surface area is 191 Å². The second kappa shape index (κ2) is 9.30. The number of hydrogen-bond acceptors (Lipinski definition) is 6. The van der Waals surface area contributed by atoms with E-state index < -0.39 is 24.1 Å². The number of carbonyl (C=O) groups is 1. The van der Waals surface area contributed by atoms with Crippen molar-refractivity contribution in [3.63, 3.8) is 0 Å². The van der Waals surface area contributed by atoms with Crippen molar-refractivity contribution in [3.8, 4) is 5.69 Å². The van der Waals surface area contributed by atoms with Crippen molar-refractivity contribution in [3.05, 3.63) is 88.8 Å². The maximum absolute atomic E-state index is 13.6. The van der Waals surface area contributed by atoms with Crippen molar-refractivity contribution in [2.24, 2.45) is 4.99 Å². The lowest BCUT2D eigenvalue weighted by Crippen LogP contribution is -2.15. The van der Waals surface area contributed by atoms with Crippen LogP contribution in [0.2, 0.25) is 0 Å². The highest BCUT2D eigenvalue weighted by Gasteiger charge is 2.36. The van der Waals surface area contributed by atoms with Gasteiger partial charge in [0.2, 0.25) is 0 Å². The van der Waals surface area contributed by atoms with Crippen LogP contribution in [0.4, 0.5) is 19.0 Å². The molecule has 8 nitrogen and oxygen atoms in total. The van der Waals surface area contributed by atoms with E-state index in [2.05, 4.69) is 31.9 Å². The molecule has 1 aliphatic heterocycles. The van der Waals surface area contributed by atoms with Gasteiger partial charge in [-0.05, 0) is 36.1 Å². The summed E-state index contributed by atoms with van der Waals surface area (Å²) in [5.74, 6) is -0.356. The zero-order valence-electron chi connectivity index (χ0n) is 17.5. The Hall–Kier alpha value is -4.27. The van der Waals surface area contributed by atoms with E-state index in [9.17, 15) is 23.1 Å². The van der Waals surface area contributed by atoms with Gasteiger partial charge in [0, 0.05) is 24.5 Å². The maximum Gasteiger partial charge on any atom is 0.433 e. The molecule has 0 aliphatic carbocycles. The lowest BCUT2D eigenvalue weighted by molar-refractivity contribution is -0.142. The van der Waals surface area contributed by atoms with Gasteiger partial charge in [-0.3, -0.25) is 9.79 Å². The standard InChI is InChI=1S/C23H16F3N5O3/c1-34-22(33)15-6-4-14(5-7-15)21(32)29-20-9-8-17(13-28-20)31-19(23(24,25)26)11-18(30-31)16-3-2-10-27-12-16/h4-13,22,33H,1H3,(H,28,29,32). The summed E-state index contributed by atoms with van der Waals surface area (Å²) >= 11 is 0. The number of halogens is 3. The number of aromatic nitrogens is 3. The number of anilines is 1. The first-order chi connectivity index (χ1) is 16.3. The molecule has 2 aromatic heterocycles. The van der Waals surface area contributed by atoms with E-state index in [1.54, 1.807) is 0 Å². The van der Waals surface area contributed by atoms with Crippen molar-refractivity contribution in [1.82, 2.24) is 14.8 Å². The number of ether oxygens (including phenoxy) is 1. The minimum Gasteiger partial charge on any atom is -0.364 e. The number of amides is 1. The second-order valence-corrected chi connectivity index (χ2v) is 6.98. The molecule has 2 N–H and O–H groups in total. The number of aliphatic hydroxyl groups is 1. The predicted octanol–water partition coefficient (Wildman–Crippen LogP) is 3.91. The van der Waals surface area contributed by atoms with E-state index in [1.165, 1.54) is 62.1 Å². The number of aliphatic imine (C=N–C) groups is 1. The Kier molecular flexibility index (Phi) is 6.27. The van der Waals surface area contributed by atoms with Crippen LogP contribution in [0.3, 0.4) is 0 Å². The van der Waals surface area contributed by atoms with Crippen molar-refractivity contribution in [1.29, 1.82) is 0 Å². The third-order valence-corrected chi connectivity index (χ3v) is 4.74. The SMILES string of the molecule is COC(O)c1ccc(C(=O)Nc2ccc(-n3nc(C4=C=C=CN=C4)cc3C(F)(F)F)cn2)cc1. The van der Waals surface area contributed by atoms with Gasteiger partial charge in [-0.25, -0.2) is 9.67 Å². The molecule has 3 heterocycles. The van der Waals surface area contributed by atoms with Gasteiger partial charge in [-0.15, -0.1) is 0 Å². The summed E-state index contributed by atoms with van der Waals surface area (Å²) in [6, 6.07) is 9.66. The second-order valence-electron chi connectivity index (χ2n) is 6.98. The van der Waals surface area contributed by atoms with E-state index in [0.717, 1.165) is 6.07 Å². The molecule has 0 radical (unpaired) electrons. The largest absolute Gasteiger partial charge is 0.433 e. The molecule has 0 fully saturated rings. The molecular formula is C23H16F3N5O3. The summed E-state index contributed by atoms with van der Waals surface area (Å²) in [7, 11) is 1.35. The Bertz CT molecular complexity index is 1350. The highest BCUT2D eigenvalue weighted by Crippen LogP contribution is 2.33. The molecule has 172 valence electrons. The van der Waals surface area contributed by atoms with E-state index >= 15 is 0 Å². The molecule has 0 saturated carbocycles. The van der Waals surface area contributed by atoms with Crippen molar-refractivity contribution >= 4 is 23.5 Å². The smallest absolute Gasteiger partial charge is 0.364 e. The van der Waals surface area contributed by atoms with Crippen LogP contribution in [0, 0.1) is 0 Å². The molecule has 0 spiro atoms. The van der Waals surface area contributed by atoms with E-state index in [0.29, 0.717) is 15.8 Å². The lowest BCUT2D eigenvalue weighted by Gasteiger charge is -2.11. The number of carbonyl (C=O) groups excluding carboxylic acids is 1. The van der Waals surface area contributed by atoms with Gasteiger partial charge in [0.25, 0.3) is 5.91 Å². The minimum atomic E-state index is -4.67. The van der Waals surface area contributed by atoms with Crippen LogP contribution in [-0.2, 0) is 10.9 Å². The van der Waals surface area contributed by atoms with Crippen LogP contribution in [0.15, 0.2) is 71.3 Å². The van der Waals surface area contributed by atoms with Crippen LogP contribution in [0.25, 0.3) is 11.3 Å². The van der Waals surface area contributed by atoms with Gasteiger partial charge in [0.05, 0.1) is 23.7 Å². The number of allylic oxidation sites excluding steroid dienone is 1. The molecule has 34 heavy (non-hydrogen) atoms. The van der Waals surface area contributed by atoms with Crippen LogP contribution in [-0.4, -0.2) is 39.1 Å². The van der Waals surface area contributed by atoms with Gasteiger partial charge in [0.1, 0.15) is 17.2 Å². The molecular weight excluding hydrogens is 451 g/mol. The minimum absolute atomic E-state index is 0.0242. The Morgan fingerprint density at radius 2 is 1.97 bits per heavy atom. The quantitative estimate of drug-likeness (QED) is 0.423. The zero-order chi connectivity index (χ0) is 24.3. The number of nitrogens with one attached hydrogen (secondary N) is 1. The predicted molar refractivity (Wildman–Crippen MR) is 116 cm³/mol. The molecule has 0 saturated heterocycles. The molecule has 0 bridgehead atoms. The number of benzene rings is 1. The number of methoxy groups -OCH3 is 1. The number of aliphatic hydroxyl groups excluding tert-OH is 1. The monoisotopic (exact) mass is 467 g/mol. The fraction of sp³-hybridized carbons (Fsp3) is 0.130. The summed E-state index contributed by atoms with van der Waals surface area (Å²) in [6.07, 6.45) is -1.95. The molecule has 1 aromatic carbocycles.